The number of likely N-dealkylation sites (tertiary alicyclic amines) is 1. The van der Waals surface area contributed by atoms with Crippen molar-refractivity contribution in [1.29, 1.82) is 0 Å². The van der Waals surface area contributed by atoms with Crippen LogP contribution in [0.3, 0.4) is 0 Å². The Kier molecular flexibility index (Phi) is 4.16. The summed E-state index contributed by atoms with van der Waals surface area (Å²) in [5, 5.41) is 9.33. The number of carboxylic acids is 1. The van der Waals surface area contributed by atoms with Gasteiger partial charge < -0.3 is 9.84 Å². The maximum atomic E-state index is 12.2. The molecule has 1 aliphatic heterocycles. The summed E-state index contributed by atoms with van der Waals surface area (Å²) in [5.41, 5.74) is 0.344. The molecular formula is C15H20N2O4. The van der Waals surface area contributed by atoms with Crippen LogP contribution in [0.2, 0.25) is 0 Å². The number of rotatable bonds is 2. The second-order valence-electron chi connectivity index (χ2n) is 6.20. The van der Waals surface area contributed by atoms with Crippen molar-refractivity contribution in [3.63, 3.8) is 0 Å². The molecule has 1 fully saturated rings. The van der Waals surface area contributed by atoms with Crippen LogP contribution in [0.15, 0.2) is 24.5 Å². The number of aliphatic carboxylic acids is 1. The van der Waals surface area contributed by atoms with Crippen LogP contribution >= 0.6 is 0 Å². The molecule has 0 unspecified atom stereocenters. The molecule has 0 saturated carbocycles. The summed E-state index contributed by atoms with van der Waals surface area (Å²) in [6, 6.07) is 2.85. The topological polar surface area (TPSA) is 79.7 Å². The molecular weight excluding hydrogens is 272 g/mol. The van der Waals surface area contributed by atoms with Crippen molar-refractivity contribution in [2.45, 2.75) is 44.8 Å². The number of aromatic nitrogens is 1. The van der Waals surface area contributed by atoms with Crippen LogP contribution in [-0.4, -0.2) is 45.2 Å². The molecule has 2 rings (SSSR count). The Labute approximate surface area is 123 Å². The summed E-state index contributed by atoms with van der Waals surface area (Å²) < 4.78 is 5.30. The van der Waals surface area contributed by atoms with E-state index in [1.165, 1.54) is 4.90 Å². The van der Waals surface area contributed by atoms with E-state index >= 15 is 0 Å². The molecule has 0 radical (unpaired) electrons. The summed E-state index contributed by atoms with van der Waals surface area (Å²) in [5.74, 6) is -1.01. The number of hydrogen-bond acceptors (Lipinski definition) is 4. The second-order valence-corrected chi connectivity index (χ2v) is 6.20. The van der Waals surface area contributed by atoms with E-state index in [0.29, 0.717) is 13.0 Å². The number of pyridine rings is 1. The molecule has 1 aromatic rings. The van der Waals surface area contributed by atoms with Crippen molar-refractivity contribution in [2.75, 3.05) is 6.54 Å². The van der Waals surface area contributed by atoms with Gasteiger partial charge in [0.05, 0.1) is 0 Å². The van der Waals surface area contributed by atoms with Crippen LogP contribution < -0.4 is 0 Å². The van der Waals surface area contributed by atoms with Crippen molar-refractivity contribution >= 4 is 12.1 Å². The molecule has 1 amide bonds. The van der Waals surface area contributed by atoms with Crippen molar-refractivity contribution in [1.82, 2.24) is 9.88 Å². The lowest BCUT2D eigenvalue weighted by molar-refractivity contribution is -0.142. The first-order valence-corrected chi connectivity index (χ1v) is 6.90. The molecule has 2 heterocycles. The minimum Gasteiger partial charge on any atom is -0.480 e. The maximum Gasteiger partial charge on any atom is 0.411 e. The van der Waals surface area contributed by atoms with Gasteiger partial charge in [0, 0.05) is 24.9 Å². The highest BCUT2D eigenvalue weighted by Gasteiger charge is 2.41. The van der Waals surface area contributed by atoms with Gasteiger partial charge in [0.15, 0.2) is 0 Å². The average molecular weight is 292 g/mol. The zero-order chi connectivity index (χ0) is 15.6. The third-order valence-corrected chi connectivity index (χ3v) is 3.39. The zero-order valence-corrected chi connectivity index (χ0v) is 12.4. The van der Waals surface area contributed by atoms with Gasteiger partial charge in [-0.15, -0.1) is 0 Å². The number of ether oxygens (including phenoxy) is 1. The number of carboxylic acid groups (broad SMARTS) is 1. The van der Waals surface area contributed by atoms with E-state index in [9.17, 15) is 14.7 Å². The highest BCUT2D eigenvalue weighted by atomic mass is 16.6. The summed E-state index contributed by atoms with van der Waals surface area (Å²) in [7, 11) is 0. The van der Waals surface area contributed by atoms with Crippen molar-refractivity contribution in [3.8, 4) is 0 Å². The lowest BCUT2D eigenvalue weighted by Crippen LogP contribution is -2.43. The van der Waals surface area contributed by atoms with Crippen LogP contribution in [0.4, 0.5) is 4.79 Å². The predicted octanol–water partition coefficient (Wildman–Crippen LogP) is 2.26. The highest BCUT2D eigenvalue weighted by Crippen LogP contribution is 2.32. The van der Waals surface area contributed by atoms with Crippen LogP contribution in [0.25, 0.3) is 0 Å². The molecule has 2 atom stereocenters. The van der Waals surface area contributed by atoms with E-state index < -0.39 is 23.7 Å². The lowest BCUT2D eigenvalue weighted by atomic mass is 9.97. The standard InChI is InChI=1S/C15H20N2O4/c1-15(2,3)21-14(20)17-9-11(8-12(17)13(18)19)10-4-6-16-7-5-10/h4-7,11-12H,8-9H2,1-3H3,(H,18,19)/t11-,12-/m1/s1. The van der Waals surface area contributed by atoms with Gasteiger partial charge in [-0.2, -0.15) is 0 Å². The normalized spacial score (nSPS) is 22.1. The Bertz CT molecular complexity index is 524. The molecule has 1 aliphatic rings. The Balaban J connectivity index is 2.16. The van der Waals surface area contributed by atoms with Gasteiger partial charge in [0.25, 0.3) is 0 Å². The summed E-state index contributed by atoms with van der Waals surface area (Å²) in [6.07, 6.45) is 3.15. The average Bonchev–Trinajstić information content (AvgIpc) is 2.83. The quantitative estimate of drug-likeness (QED) is 0.904. The van der Waals surface area contributed by atoms with E-state index in [0.717, 1.165) is 5.56 Å². The Morgan fingerprint density at radius 3 is 2.48 bits per heavy atom. The molecule has 114 valence electrons. The monoisotopic (exact) mass is 292 g/mol. The van der Waals surface area contributed by atoms with Gasteiger partial charge in [-0.05, 0) is 44.9 Å². The van der Waals surface area contributed by atoms with Gasteiger partial charge in [0.2, 0.25) is 0 Å². The van der Waals surface area contributed by atoms with Crippen molar-refractivity contribution in [3.05, 3.63) is 30.1 Å². The highest BCUT2D eigenvalue weighted by molar-refractivity contribution is 5.81. The zero-order valence-electron chi connectivity index (χ0n) is 12.4. The molecule has 21 heavy (non-hydrogen) atoms. The van der Waals surface area contributed by atoms with Crippen LogP contribution in [0.5, 0.6) is 0 Å². The van der Waals surface area contributed by atoms with Gasteiger partial charge in [-0.1, -0.05) is 0 Å². The van der Waals surface area contributed by atoms with Gasteiger partial charge >= 0.3 is 12.1 Å². The van der Waals surface area contributed by atoms with E-state index in [1.807, 2.05) is 12.1 Å². The fourth-order valence-electron chi connectivity index (χ4n) is 2.47. The maximum absolute atomic E-state index is 12.2. The van der Waals surface area contributed by atoms with E-state index in [4.69, 9.17) is 4.74 Å². The predicted molar refractivity (Wildman–Crippen MR) is 76.0 cm³/mol. The van der Waals surface area contributed by atoms with Crippen LogP contribution in [-0.2, 0) is 9.53 Å². The molecule has 0 aliphatic carbocycles. The van der Waals surface area contributed by atoms with E-state index in [2.05, 4.69) is 4.98 Å². The molecule has 0 aromatic carbocycles. The number of carbonyl (C=O) groups excluding carboxylic acids is 1. The van der Waals surface area contributed by atoms with Crippen LogP contribution in [0.1, 0.15) is 38.7 Å². The molecule has 1 saturated heterocycles. The van der Waals surface area contributed by atoms with Crippen molar-refractivity contribution < 1.29 is 19.4 Å². The first-order chi connectivity index (χ1) is 9.78. The third-order valence-electron chi connectivity index (χ3n) is 3.39. The summed E-state index contributed by atoms with van der Waals surface area (Å²) >= 11 is 0. The molecule has 0 spiro atoms. The van der Waals surface area contributed by atoms with Crippen LogP contribution in [0, 0.1) is 0 Å². The summed E-state index contributed by atoms with van der Waals surface area (Å²) in [4.78, 5) is 28.8. The lowest BCUT2D eigenvalue weighted by Gasteiger charge is -2.26. The van der Waals surface area contributed by atoms with E-state index in [1.54, 1.807) is 33.2 Å². The molecule has 1 N–H and O–H groups in total. The first-order valence-electron chi connectivity index (χ1n) is 6.90. The van der Waals surface area contributed by atoms with Gasteiger partial charge in [-0.25, -0.2) is 9.59 Å². The Hall–Kier alpha value is -2.11. The Morgan fingerprint density at radius 2 is 1.95 bits per heavy atom. The minimum atomic E-state index is -1.00. The molecule has 1 aromatic heterocycles. The number of nitrogens with zero attached hydrogens (tertiary/aromatic N) is 2. The summed E-state index contributed by atoms with van der Waals surface area (Å²) in [6.45, 7) is 5.63. The number of carbonyl (C=O) groups is 2. The van der Waals surface area contributed by atoms with Crippen molar-refractivity contribution in [2.24, 2.45) is 0 Å². The van der Waals surface area contributed by atoms with Gasteiger partial charge in [0.1, 0.15) is 11.6 Å². The number of amides is 1. The minimum absolute atomic E-state index is 0.0124. The molecule has 6 nitrogen and oxygen atoms in total. The van der Waals surface area contributed by atoms with Gasteiger partial charge in [-0.3, -0.25) is 9.88 Å². The SMILES string of the molecule is CC(C)(C)OC(=O)N1C[C@H](c2ccncc2)C[C@@H]1C(=O)O. The fourth-order valence-corrected chi connectivity index (χ4v) is 2.47. The molecule has 0 bridgehead atoms. The van der Waals surface area contributed by atoms with E-state index in [-0.39, 0.29) is 5.92 Å². The third kappa shape index (κ3) is 3.71. The second kappa shape index (κ2) is 5.71. The molecule has 6 heteroatoms. The first kappa shape index (κ1) is 15.3. The largest absolute Gasteiger partial charge is 0.480 e. The Morgan fingerprint density at radius 1 is 1.33 bits per heavy atom. The number of hydrogen-bond donors (Lipinski definition) is 1. The smallest absolute Gasteiger partial charge is 0.411 e. The fraction of sp³-hybridized carbons (Fsp3) is 0.533.